The molecule has 1 aliphatic rings. The third kappa shape index (κ3) is 2.45. The predicted octanol–water partition coefficient (Wildman–Crippen LogP) is 4.01. The van der Waals surface area contributed by atoms with Gasteiger partial charge in [-0.05, 0) is 61.0 Å². The minimum Gasteiger partial charge on any atom is -0.497 e. The van der Waals surface area contributed by atoms with Crippen molar-refractivity contribution >= 4 is 10.8 Å². The maximum absolute atomic E-state index is 5.28. The molecule has 1 saturated heterocycles. The van der Waals surface area contributed by atoms with Gasteiger partial charge >= 0.3 is 0 Å². The monoisotopic (exact) mass is 255 g/mol. The van der Waals surface area contributed by atoms with Crippen molar-refractivity contribution in [2.24, 2.45) is 0 Å². The van der Waals surface area contributed by atoms with E-state index >= 15 is 0 Å². The van der Waals surface area contributed by atoms with Crippen molar-refractivity contribution in [3.05, 3.63) is 42.0 Å². The van der Waals surface area contributed by atoms with Gasteiger partial charge in [-0.3, -0.25) is 4.90 Å². The number of benzene rings is 2. The average Bonchev–Trinajstić information content (AvgIpc) is 2.46. The molecular formula is C17H21NO. The highest BCUT2D eigenvalue weighted by molar-refractivity contribution is 5.84. The number of methoxy groups -OCH3 is 1. The van der Waals surface area contributed by atoms with Gasteiger partial charge in [0.25, 0.3) is 0 Å². The molecule has 0 bridgehead atoms. The number of piperidine rings is 1. The number of hydrogen-bond donors (Lipinski definition) is 0. The molecule has 2 aromatic rings. The van der Waals surface area contributed by atoms with Crippen molar-refractivity contribution in [3.8, 4) is 5.75 Å². The Morgan fingerprint density at radius 1 is 1.05 bits per heavy atom. The Bertz CT molecular complexity index is 578. The normalized spacial score (nSPS) is 20.6. The van der Waals surface area contributed by atoms with Gasteiger partial charge in [0.1, 0.15) is 5.75 Å². The van der Waals surface area contributed by atoms with Gasteiger partial charge in [0, 0.05) is 6.04 Å². The molecule has 1 aliphatic heterocycles. The molecular weight excluding hydrogens is 234 g/mol. The predicted molar refractivity (Wildman–Crippen MR) is 79.7 cm³/mol. The molecule has 0 aliphatic carbocycles. The molecule has 2 aromatic carbocycles. The molecule has 100 valence electrons. The zero-order chi connectivity index (χ0) is 13.2. The first-order valence-electron chi connectivity index (χ1n) is 7.06. The van der Waals surface area contributed by atoms with Crippen molar-refractivity contribution in [1.82, 2.24) is 4.90 Å². The van der Waals surface area contributed by atoms with Crippen LogP contribution in [0.25, 0.3) is 10.8 Å². The summed E-state index contributed by atoms with van der Waals surface area (Å²) < 4.78 is 5.28. The highest BCUT2D eigenvalue weighted by Gasteiger charge is 2.20. The second-order valence-corrected chi connectivity index (χ2v) is 5.46. The highest BCUT2D eigenvalue weighted by atomic mass is 16.5. The first-order valence-corrected chi connectivity index (χ1v) is 7.06. The third-order valence-electron chi connectivity index (χ3n) is 4.23. The Morgan fingerprint density at radius 2 is 1.84 bits per heavy atom. The van der Waals surface area contributed by atoms with Crippen LogP contribution in [0.15, 0.2) is 36.4 Å². The smallest absolute Gasteiger partial charge is 0.119 e. The molecule has 1 heterocycles. The van der Waals surface area contributed by atoms with Crippen molar-refractivity contribution in [2.45, 2.75) is 25.3 Å². The molecule has 0 spiro atoms. The minimum absolute atomic E-state index is 0.584. The molecule has 2 nitrogen and oxygen atoms in total. The van der Waals surface area contributed by atoms with Gasteiger partial charge in [-0.2, -0.15) is 0 Å². The zero-order valence-corrected chi connectivity index (χ0v) is 11.7. The molecule has 19 heavy (non-hydrogen) atoms. The topological polar surface area (TPSA) is 12.5 Å². The maximum atomic E-state index is 5.28. The second-order valence-electron chi connectivity index (χ2n) is 5.46. The van der Waals surface area contributed by atoms with Gasteiger partial charge in [-0.25, -0.2) is 0 Å². The van der Waals surface area contributed by atoms with E-state index in [0.717, 1.165) is 5.75 Å². The molecule has 1 fully saturated rings. The van der Waals surface area contributed by atoms with E-state index in [4.69, 9.17) is 4.74 Å². The number of ether oxygens (including phenoxy) is 1. The summed E-state index contributed by atoms with van der Waals surface area (Å²) in [5.74, 6) is 0.926. The van der Waals surface area contributed by atoms with Crippen molar-refractivity contribution in [3.63, 3.8) is 0 Å². The molecule has 0 radical (unpaired) electrons. The molecule has 1 atom stereocenters. The molecule has 0 amide bonds. The van der Waals surface area contributed by atoms with E-state index in [-0.39, 0.29) is 0 Å². The zero-order valence-electron chi connectivity index (χ0n) is 11.7. The van der Waals surface area contributed by atoms with Crippen LogP contribution in [0.4, 0.5) is 0 Å². The first kappa shape index (κ1) is 12.5. The molecule has 0 saturated carbocycles. The summed E-state index contributed by atoms with van der Waals surface area (Å²) in [5, 5.41) is 2.55. The third-order valence-corrected chi connectivity index (χ3v) is 4.23. The van der Waals surface area contributed by atoms with Gasteiger partial charge in [0.2, 0.25) is 0 Å². The van der Waals surface area contributed by atoms with E-state index in [1.54, 1.807) is 7.11 Å². The Labute approximate surface area is 115 Å². The lowest BCUT2D eigenvalue weighted by atomic mass is 9.94. The van der Waals surface area contributed by atoms with Crippen LogP contribution in [0, 0.1) is 0 Å². The summed E-state index contributed by atoms with van der Waals surface area (Å²) in [4.78, 5) is 2.48. The maximum Gasteiger partial charge on any atom is 0.119 e. The lowest BCUT2D eigenvalue weighted by molar-refractivity contribution is 0.187. The Balaban J connectivity index is 1.97. The summed E-state index contributed by atoms with van der Waals surface area (Å²) in [6, 6.07) is 13.7. The Hall–Kier alpha value is -1.54. The van der Waals surface area contributed by atoms with Crippen molar-refractivity contribution in [2.75, 3.05) is 20.7 Å². The molecule has 0 N–H and O–H groups in total. The molecule has 1 unspecified atom stereocenters. The Kier molecular flexibility index (Phi) is 3.43. The number of likely N-dealkylation sites (tertiary alicyclic amines) is 1. The van der Waals surface area contributed by atoms with Crippen LogP contribution in [0.1, 0.15) is 30.9 Å². The summed E-state index contributed by atoms with van der Waals surface area (Å²) >= 11 is 0. The largest absolute Gasteiger partial charge is 0.497 e. The fourth-order valence-corrected chi connectivity index (χ4v) is 3.07. The first-order chi connectivity index (χ1) is 9.28. The Morgan fingerprint density at radius 3 is 2.63 bits per heavy atom. The van der Waals surface area contributed by atoms with Crippen LogP contribution in [-0.4, -0.2) is 25.6 Å². The van der Waals surface area contributed by atoms with E-state index in [9.17, 15) is 0 Å². The van der Waals surface area contributed by atoms with E-state index in [1.807, 2.05) is 6.07 Å². The van der Waals surface area contributed by atoms with Crippen LogP contribution in [0.5, 0.6) is 5.75 Å². The van der Waals surface area contributed by atoms with Gasteiger partial charge in [-0.1, -0.05) is 24.6 Å². The standard InChI is InChI=1S/C17H21NO/c1-18-10-4-3-5-17(18)15-7-6-14-12-16(19-2)9-8-13(14)11-15/h6-9,11-12,17H,3-5,10H2,1-2H3. The summed E-state index contributed by atoms with van der Waals surface area (Å²) in [6.07, 6.45) is 3.95. The van der Waals surface area contributed by atoms with E-state index in [2.05, 4.69) is 42.3 Å². The lowest BCUT2D eigenvalue weighted by Gasteiger charge is -2.33. The summed E-state index contributed by atoms with van der Waals surface area (Å²) in [6.45, 7) is 1.21. The number of hydrogen-bond acceptors (Lipinski definition) is 2. The van der Waals surface area contributed by atoms with E-state index in [1.165, 1.54) is 42.1 Å². The SMILES string of the molecule is COc1ccc2cc(C3CCCCN3C)ccc2c1. The lowest BCUT2D eigenvalue weighted by Crippen LogP contribution is -2.29. The van der Waals surface area contributed by atoms with Gasteiger partial charge < -0.3 is 4.74 Å². The van der Waals surface area contributed by atoms with Crippen LogP contribution >= 0.6 is 0 Å². The second kappa shape index (κ2) is 5.22. The summed E-state index contributed by atoms with van der Waals surface area (Å²) in [7, 11) is 3.95. The van der Waals surface area contributed by atoms with Crippen LogP contribution in [0.2, 0.25) is 0 Å². The van der Waals surface area contributed by atoms with Gasteiger partial charge in [0.05, 0.1) is 7.11 Å². The van der Waals surface area contributed by atoms with Crippen LogP contribution in [-0.2, 0) is 0 Å². The minimum atomic E-state index is 0.584. The molecule has 3 rings (SSSR count). The number of fused-ring (bicyclic) bond motifs is 1. The fraction of sp³-hybridized carbons (Fsp3) is 0.412. The fourth-order valence-electron chi connectivity index (χ4n) is 3.07. The molecule has 2 heteroatoms. The van der Waals surface area contributed by atoms with Crippen molar-refractivity contribution in [1.29, 1.82) is 0 Å². The highest BCUT2D eigenvalue weighted by Crippen LogP contribution is 2.32. The quantitative estimate of drug-likeness (QED) is 0.804. The summed E-state index contributed by atoms with van der Waals surface area (Å²) in [5.41, 5.74) is 1.44. The van der Waals surface area contributed by atoms with Crippen LogP contribution in [0.3, 0.4) is 0 Å². The van der Waals surface area contributed by atoms with Crippen molar-refractivity contribution < 1.29 is 4.74 Å². The molecule has 0 aromatic heterocycles. The number of rotatable bonds is 2. The van der Waals surface area contributed by atoms with Gasteiger partial charge in [-0.15, -0.1) is 0 Å². The average molecular weight is 255 g/mol. The number of nitrogens with zero attached hydrogens (tertiary/aromatic N) is 1. The van der Waals surface area contributed by atoms with E-state index < -0.39 is 0 Å². The van der Waals surface area contributed by atoms with Gasteiger partial charge in [0.15, 0.2) is 0 Å². The van der Waals surface area contributed by atoms with Crippen LogP contribution < -0.4 is 4.74 Å². The van der Waals surface area contributed by atoms with E-state index in [0.29, 0.717) is 6.04 Å².